The maximum absolute atomic E-state index is 13.1. The van der Waals surface area contributed by atoms with E-state index in [0.29, 0.717) is 59.3 Å². The first-order chi connectivity index (χ1) is 18.9. The Bertz CT molecular complexity index is 1660. The van der Waals surface area contributed by atoms with Crippen LogP contribution < -0.4 is 15.6 Å². The highest BCUT2D eigenvalue weighted by atomic mass is 35.5. The monoisotopic (exact) mass is 562 g/mol. The minimum atomic E-state index is -0.400. The number of aromatic nitrogens is 5. The number of hydrogen-bond donors (Lipinski definition) is 2. The topological polar surface area (TPSA) is 115 Å². The number of nitrogens with one attached hydrogen (secondary N) is 2. The summed E-state index contributed by atoms with van der Waals surface area (Å²) >= 11 is 13.4. The van der Waals surface area contributed by atoms with Crippen molar-refractivity contribution in [1.82, 2.24) is 30.0 Å². The van der Waals surface area contributed by atoms with E-state index in [9.17, 15) is 9.59 Å². The molecule has 0 radical (unpaired) electrons. The number of aromatic amines is 1. The van der Waals surface area contributed by atoms with Gasteiger partial charge in [0.2, 0.25) is 0 Å². The summed E-state index contributed by atoms with van der Waals surface area (Å²) in [4.78, 5) is 38.9. The van der Waals surface area contributed by atoms with E-state index >= 15 is 0 Å². The van der Waals surface area contributed by atoms with Gasteiger partial charge in [0.1, 0.15) is 22.8 Å². The predicted molar refractivity (Wildman–Crippen MR) is 149 cm³/mol. The number of rotatable bonds is 8. The lowest BCUT2D eigenvalue weighted by Crippen LogP contribution is -2.23. The molecule has 2 aliphatic heterocycles. The van der Waals surface area contributed by atoms with Crippen molar-refractivity contribution in [2.75, 3.05) is 7.11 Å². The first-order valence-electron chi connectivity index (χ1n) is 12.2. The van der Waals surface area contributed by atoms with Crippen LogP contribution >= 0.6 is 23.2 Å². The van der Waals surface area contributed by atoms with E-state index in [1.807, 2.05) is 37.3 Å². The fourth-order valence-electron chi connectivity index (χ4n) is 4.30. The number of ether oxygens (including phenoxy) is 1. The summed E-state index contributed by atoms with van der Waals surface area (Å²) < 4.78 is 6.88. The van der Waals surface area contributed by atoms with Crippen molar-refractivity contribution in [3.63, 3.8) is 0 Å². The van der Waals surface area contributed by atoms with Crippen LogP contribution in [-0.4, -0.2) is 37.7 Å². The van der Waals surface area contributed by atoms with Gasteiger partial charge in [-0.2, -0.15) is 4.98 Å². The number of aryl methyl sites for hydroxylation is 1. The van der Waals surface area contributed by atoms with Crippen molar-refractivity contribution in [3.05, 3.63) is 110 Å². The zero-order valence-electron chi connectivity index (χ0n) is 21.2. The van der Waals surface area contributed by atoms with Crippen molar-refractivity contribution < 1.29 is 9.53 Å². The molecule has 0 spiro atoms. The molecule has 0 saturated carbocycles. The van der Waals surface area contributed by atoms with Gasteiger partial charge in [-0.15, -0.1) is 0 Å². The normalized spacial score (nSPS) is 11.1. The van der Waals surface area contributed by atoms with Crippen molar-refractivity contribution in [2.45, 2.75) is 26.3 Å². The molecule has 3 aromatic rings. The highest BCUT2D eigenvalue weighted by Gasteiger charge is 2.26. The van der Waals surface area contributed by atoms with E-state index < -0.39 is 5.56 Å². The van der Waals surface area contributed by atoms with E-state index in [1.54, 1.807) is 30.3 Å². The number of hydrogen-bond acceptors (Lipinski definition) is 6. The van der Waals surface area contributed by atoms with Crippen LogP contribution in [0, 0.1) is 0 Å². The number of methoxy groups -OCH3 is 1. The second-order valence-corrected chi connectivity index (χ2v) is 9.60. The summed E-state index contributed by atoms with van der Waals surface area (Å²) in [6.07, 6.45) is 4.20. The highest BCUT2D eigenvalue weighted by molar-refractivity contribution is 6.38. The fraction of sp³-hybridized carbons (Fsp3) is 0.179. The average molecular weight is 563 g/mol. The molecule has 2 aromatic carbocycles. The van der Waals surface area contributed by atoms with E-state index in [4.69, 9.17) is 32.9 Å². The number of halogens is 2. The Kier molecular flexibility index (Phi) is 7.63. The second-order valence-electron chi connectivity index (χ2n) is 8.78. The van der Waals surface area contributed by atoms with E-state index in [-0.39, 0.29) is 16.0 Å². The minimum Gasteiger partial charge on any atom is -0.497 e. The minimum absolute atomic E-state index is 0.213. The Morgan fingerprint density at radius 3 is 2.54 bits per heavy atom. The maximum atomic E-state index is 13.1. The largest absolute Gasteiger partial charge is 0.497 e. The van der Waals surface area contributed by atoms with Crippen LogP contribution in [0.4, 0.5) is 0 Å². The molecular formula is C28H24Cl2N6O3. The molecular weight excluding hydrogens is 539 g/mol. The zero-order chi connectivity index (χ0) is 27.5. The summed E-state index contributed by atoms with van der Waals surface area (Å²) in [6, 6.07) is 14.2. The summed E-state index contributed by atoms with van der Waals surface area (Å²) in [5.41, 5.74) is 3.02. The van der Waals surface area contributed by atoms with Crippen LogP contribution in [0.2, 0.25) is 10.0 Å². The smallest absolute Gasteiger partial charge is 0.284 e. The van der Waals surface area contributed by atoms with Gasteiger partial charge in [0, 0.05) is 36.6 Å². The standard InChI is InChI=1S/C28H24Cl2N6O3/c1-3-22-24-26(33-23(34-28(24)38)11-16-6-4-8-19(10-16)39-2)36(35-22)25-20(29)12-18(13-21(25)30)27(37)32-15-17-7-5-9-31-14-17/h4-10,12-14,35H,3,11,15H2,1-2H3,(H,32,37). The van der Waals surface area contributed by atoms with Crippen LogP contribution in [0.1, 0.15) is 39.9 Å². The van der Waals surface area contributed by atoms with Crippen LogP contribution in [0.15, 0.2) is 65.7 Å². The fourth-order valence-corrected chi connectivity index (χ4v) is 4.96. The molecule has 39 heavy (non-hydrogen) atoms. The third-order valence-corrected chi connectivity index (χ3v) is 6.77. The summed E-state index contributed by atoms with van der Waals surface area (Å²) in [7, 11) is 1.59. The van der Waals surface area contributed by atoms with E-state index in [2.05, 4.69) is 20.4 Å². The van der Waals surface area contributed by atoms with Crippen LogP contribution in [0.25, 0.3) is 17.1 Å². The van der Waals surface area contributed by atoms with Crippen molar-refractivity contribution >= 4 is 29.1 Å². The molecule has 0 fully saturated rings. The van der Waals surface area contributed by atoms with Gasteiger partial charge in [0.05, 0.1) is 17.2 Å². The number of benzene rings is 2. The lowest BCUT2D eigenvalue weighted by molar-refractivity contribution is 0.0951. The Labute approximate surface area is 234 Å². The maximum Gasteiger partial charge on any atom is 0.284 e. The molecule has 0 bridgehead atoms. The number of nitrogens with zero attached hydrogens (tertiary/aromatic N) is 4. The SMILES string of the molecule is CCc1[nH]n(-c2c(Cl)cc(C(=O)NCc3cccnc3)cc2Cl)c2nc(Cc3cccc(OC)c3)nc(=O)c1-2. The molecule has 0 aliphatic carbocycles. The molecule has 1 amide bonds. The molecule has 3 heterocycles. The molecule has 9 nitrogen and oxygen atoms in total. The Morgan fingerprint density at radius 1 is 1.08 bits per heavy atom. The average Bonchev–Trinajstić information content (AvgIpc) is 3.30. The number of amides is 1. The molecule has 0 saturated heterocycles. The van der Waals surface area contributed by atoms with Crippen molar-refractivity contribution in [3.8, 4) is 22.8 Å². The molecule has 2 aliphatic rings. The molecule has 0 atom stereocenters. The second kappa shape index (κ2) is 11.3. The van der Waals surface area contributed by atoms with Crippen LogP contribution in [0.5, 0.6) is 5.75 Å². The van der Waals surface area contributed by atoms with Gasteiger partial charge in [-0.3, -0.25) is 19.7 Å². The predicted octanol–water partition coefficient (Wildman–Crippen LogP) is 4.85. The lowest BCUT2D eigenvalue weighted by Gasteiger charge is -2.13. The van der Waals surface area contributed by atoms with Gasteiger partial charge in [0.25, 0.3) is 11.5 Å². The van der Waals surface area contributed by atoms with E-state index in [1.165, 1.54) is 12.1 Å². The third kappa shape index (κ3) is 5.50. The molecule has 198 valence electrons. The molecule has 0 unspecified atom stereocenters. The van der Waals surface area contributed by atoms with Crippen LogP contribution in [-0.2, 0) is 19.4 Å². The van der Waals surface area contributed by atoms with Crippen LogP contribution in [0.3, 0.4) is 0 Å². The quantitative estimate of drug-likeness (QED) is 0.279. The summed E-state index contributed by atoms with van der Waals surface area (Å²) in [5.74, 6) is 1.05. The molecule has 2 N–H and O–H groups in total. The molecule has 11 heteroatoms. The first kappa shape index (κ1) is 26.4. The number of carbonyl (C=O) groups is 1. The van der Waals surface area contributed by atoms with E-state index in [0.717, 1.165) is 11.1 Å². The summed E-state index contributed by atoms with van der Waals surface area (Å²) in [5, 5.41) is 6.46. The van der Waals surface area contributed by atoms with Gasteiger partial charge in [-0.25, -0.2) is 9.67 Å². The Hall–Kier alpha value is -4.21. The third-order valence-electron chi connectivity index (χ3n) is 6.19. The van der Waals surface area contributed by atoms with Gasteiger partial charge >= 0.3 is 0 Å². The van der Waals surface area contributed by atoms with Crippen molar-refractivity contribution in [2.24, 2.45) is 0 Å². The van der Waals surface area contributed by atoms with Gasteiger partial charge in [0.15, 0.2) is 5.82 Å². The van der Waals surface area contributed by atoms with Gasteiger partial charge in [-0.1, -0.05) is 48.3 Å². The zero-order valence-corrected chi connectivity index (χ0v) is 22.7. The van der Waals surface area contributed by atoms with Gasteiger partial charge < -0.3 is 10.1 Å². The lowest BCUT2D eigenvalue weighted by atomic mass is 10.1. The first-order valence-corrected chi connectivity index (χ1v) is 12.9. The summed E-state index contributed by atoms with van der Waals surface area (Å²) in [6.45, 7) is 2.22. The molecule has 1 aromatic heterocycles. The Morgan fingerprint density at radius 2 is 1.85 bits per heavy atom. The molecule has 5 rings (SSSR count). The Balaban J connectivity index is 1.51. The number of pyridine rings is 1. The van der Waals surface area contributed by atoms with Crippen molar-refractivity contribution in [1.29, 1.82) is 0 Å². The highest BCUT2D eigenvalue weighted by Crippen LogP contribution is 2.34. The van der Waals surface area contributed by atoms with Gasteiger partial charge in [-0.05, 0) is 47.9 Å². The number of fused-ring (bicyclic) bond motifs is 1. The number of H-pyrrole nitrogens is 1. The number of carbonyl (C=O) groups excluding carboxylic acids is 1.